The molecule has 5 rings (SSSR count). The zero-order chi connectivity index (χ0) is 26.5. The number of rotatable bonds is 10. The fourth-order valence-corrected chi connectivity index (χ4v) is 4.28. The quantitative estimate of drug-likeness (QED) is 0.257. The molecule has 2 heterocycles. The van der Waals surface area contributed by atoms with E-state index in [1.807, 2.05) is 53.1 Å². The molecule has 0 aliphatic carbocycles. The second-order valence-electron chi connectivity index (χ2n) is 8.80. The van der Waals surface area contributed by atoms with Crippen molar-refractivity contribution in [2.75, 3.05) is 13.7 Å². The van der Waals surface area contributed by atoms with Gasteiger partial charge in [-0.25, -0.2) is 19.2 Å². The summed E-state index contributed by atoms with van der Waals surface area (Å²) in [6.07, 6.45) is 0.237. The highest BCUT2D eigenvalue weighted by Crippen LogP contribution is 2.26. The van der Waals surface area contributed by atoms with Gasteiger partial charge < -0.3 is 19.1 Å². The van der Waals surface area contributed by atoms with Gasteiger partial charge in [0.05, 0.1) is 28.9 Å². The molecule has 2 aromatic heterocycles. The van der Waals surface area contributed by atoms with Crippen molar-refractivity contribution in [3.8, 4) is 17.1 Å². The molecule has 0 aliphatic rings. The van der Waals surface area contributed by atoms with Gasteiger partial charge in [0.2, 0.25) is 5.88 Å². The zero-order valence-corrected chi connectivity index (χ0v) is 20.8. The molecule has 0 unspecified atom stereocenters. The Labute approximate surface area is 219 Å². The molecule has 5 aromatic rings. The number of imidazole rings is 1. The summed E-state index contributed by atoms with van der Waals surface area (Å²) < 4.78 is 28.2. The van der Waals surface area contributed by atoms with Crippen LogP contribution in [0, 0.1) is 5.82 Å². The summed E-state index contributed by atoms with van der Waals surface area (Å²) >= 11 is 0. The van der Waals surface area contributed by atoms with Gasteiger partial charge in [-0.1, -0.05) is 48.5 Å². The van der Waals surface area contributed by atoms with Crippen molar-refractivity contribution < 1.29 is 23.8 Å². The minimum absolute atomic E-state index is 0.167. The van der Waals surface area contributed by atoms with E-state index in [0.717, 1.165) is 5.56 Å². The minimum Gasteiger partial charge on any atom is -0.478 e. The van der Waals surface area contributed by atoms with Crippen LogP contribution in [0.1, 0.15) is 27.3 Å². The van der Waals surface area contributed by atoms with E-state index in [1.54, 1.807) is 31.4 Å². The molecule has 0 spiro atoms. The van der Waals surface area contributed by atoms with Gasteiger partial charge in [-0.15, -0.1) is 0 Å². The lowest BCUT2D eigenvalue weighted by Gasteiger charge is -2.11. The average molecular weight is 512 g/mol. The number of carbonyl (C=O) groups is 1. The second kappa shape index (κ2) is 11.2. The molecule has 192 valence electrons. The lowest BCUT2D eigenvalue weighted by Crippen LogP contribution is -2.10. The maximum absolute atomic E-state index is 15.3. The minimum atomic E-state index is -1.02. The molecule has 0 aliphatic heterocycles. The maximum Gasteiger partial charge on any atom is 0.335 e. The van der Waals surface area contributed by atoms with Gasteiger partial charge in [-0.2, -0.15) is 0 Å². The smallest absolute Gasteiger partial charge is 0.335 e. The molecule has 0 saturated carbocycles. The van der Waals surface area contributed by atoms with Crippen molar-refractivity contribution >= 4 is 17.0 Å². The molecule has 0 radical (unpaired) electrons. The highest BCUT2D eigenvalue weighted by atomic mass is 19.1. The van der Waals surface area contributed by atoms with E-state index in [4.69, 9.17) is 9.47 Å². The lowest BCUT2D eigenvalue weighted by molar-refractivity contribution is 0.0697. The van der Waals surface area contributed by atoms with Gasteiger partial charge >= 0.3 is 5.97 Å². The average Bonchev–Trinajstić information content (AvgIpc) is 3.28. The molecule has 0 saturated heterocycles. The van der Waals surface area contributed by atoms with E-state index in [-0.39, 0.29) is 17.8 Å². The summed E-state index contributed by atoms with van der Waals surface area (Å²) in [6, 6.07) is 25.0. The topological polar surface area (TPSA) is 86.5 Å². The Morgan fingerprint density at radius 3 is 2.58 bits per heavy atom. The summed E-state index contributed by atoms with van der Waals surface area (Å²) in [7, 11) is 1.59. The number of aromatic nitrogens is 3. The number of hydrogen-bond acceptors (Lipinski definition) is 5. The van der Waals surface area contributed by atoms with E-state index in [1.165, 1.54) is 12.1 Å². The fraction of sp³-hybridized carbons (Fsp3) is 0.167. The van der Waals surface area contributed by atoms with E-state index >= 15 is 4.39 Å². The van der Waals surface area contributed by atoms with Crippen molar-refractivity contribution in [2.24, 2.45) is 0 Å². The number of halogens is 1. The van der Waals surface area contributed by atoms with Gasteiger partial charge in [0.25, 0.3) is 0 Å². The van der Waals surface area contributed by atoms with Gasteiger partial charge in [-0.05, 0) is 41.5 Å². The first-order valence-electron chi connectivity index (χ1n) is 12.2. The summed E-state index contributed by atoms with van der Waals surface area (Å²) in [5.41, 5.74) is 4.23. The highest BCUT2D eigenvalue weighted by molar-refractivity contribution is 5.92. The van der Waals surface area contributed by atoms with Crippen molar-refractivity contribution in [3.05, 3.63) is 113 Å². The van der Waals surface area contributed by atoms with Crippen LogP contribution in [0.5, 0.6) is 5.88 Å². The van der Waals surface area contributed by atoms with Crippen LogP contribution in [0.25, 0.3) is 22.3 Å². The maximum atomic E-state index is 15.3. The Hall–Kier alpha value is -4.56. The molecule has 38 heavy (non-hydrogen) atoms. The molecule has 7 nitrogen and oxygen atoms in total. The second-order valence-corrected chi connectivity index (χ2v) is 8.80. The van der Waals surface area contributed by atoms with Crippen LogP contribution in [0.2, 0.25) is 0 Å². The summed E-state index contributed by atoms with van der Waals surface area (Å²) in [5.74, 6) is -0.307. The highest BCUT2D eigenvalue weighted by Gasteiger charge is 2.16. The van der Waals surface area contributed by atoms with Crippen molar-refractivity contribution in [2.45, 2.75) is 19.6 Å². The van der Waals surface area contributed by atoms with Crippen LogP contribution in [0.3, 0.4) is 0 Å². The van der Waals surface area contributed by atoms with Gasteiger partial charge in [0, 0.05) is 31.7 Å². The molecule has 1 N–H and O–H groups in total. The van der Waals surface area contributed by atoms with Crippen LogP contribution in [-0.2, 0) is 24.3 Å². The number of pyridine rings is 1. The third-order valence-corrected chi connectivity index (χ3v) is 6.24. The summed E-state index contributed by atoms with van der Waals surface area (Å²) in [4.78, 5) is 20.7. The number of methoxy groups -OCH3 is 1. The number of benzene rings is 3. The van der Waals surface area contributed by atoms with Gasteiger partial charge in [0.15, 0.2) is 0 Å². The third-order valence-electron chi connectivity index (χ3n) is 6.24. The molecular formula is C30H26FN3O4. The normalized spacial score (nSPS) is 11.1. The molecule has 0 atom stereocenters. The van der Waals surface area contributed by atoms with Crippen molar-refractivity contribution in [1.29, 1.82) is 0 Å². The predicted molar refractivity (Wildman–Crippen MR) is 142 cm³/mol. The van der Waals surface area contributed by atoms with E-state index in [9.17, 15) is 9.90 Å². The Morgan fingerprint density at radius 1 is 0.974 bits per heavy atom. The standard InChI is InChI=1S/C30H26FN3O4/c1-37-15-14-34-27-17-23(30(35)36)12-13-26(27)32-28(34)18-21-10-11-22(16-24(21)31)25-8-5-9-29(33-25)38-19-20-6-3-2-4-7-20/h2-13,16-17H,14-15,18-19H2,1H3,(H,35,36). The SMILES string of the molecule is COCCn1c(Cc2ccc(-c3cccc(OCc4ccccc4)n3)cc2F)nc2ccc(C(=O)O)cc21. The number of hydrogen-bond donors (Lipinski definition) is 1. The Kier molecular flexibility index (Phi) is 7.42. The molecule has 0 bridgehead atoms. The zero-order valence-electron chi connectivity index (χ0n) is 20.8. The van der Waals surface area contributed by atoms with Crippen molar-refractivity contribution in [3.63, 3.8) is 0 Å². The van der Waals surface area contributed by atoms with Crippen LogP contribution >= 0.6 is 0 Å². The molecule has 8 heteroatoms. The number of aromatic carboxylic acids is 1. The number of carboxylic acids is 1. The van der Waals surface area contributed by atoms with Gasteiger partial charge in [0.1, 0.15) is 18.2 Å². The van der Waals surface area contributed by atoms with Crippen LogP contribution in [0.15, 0.2) is 84.9 Å². The van der Waals surface area contributed by atoms with E-state index < -0.39 is 5.97 Å². The first kappa shape index (κ1) is 25.1. The number of fused-ring (bicyclic) bond motifs is 1. The monoisotopic (exact) mass is 511 g/mol. The molecule has 0 fully saturated rings. The largest absolute Gasteiger partial charge is 0.478 e. The van der Waals surface area contributed by atoms with Crippen LogP contribution in [0.4, 0.5) is 4.39 Å². The van der Waals surface area contributed by atoms with Crippen molar-refractivity contribution in [1.82, 2.24) is 14.5 Å². The molecule has 3 aromatic carbocycles. The van der Waals surface area contributed by atoms with E-state index in [2.05, 4.69) is 9.97 Å². The molecular weight excluding hydrogens is 485 g/mol. The summed E-state index contributed by atoms with van der Waals surface area (Å²) in [6.45, 7) is 1.26. The fourth-order valence-electron chi connectivity index (χ4n) is 4.28. The van der Waals surface area contributed by atoms with Crippen LogP contribution < -0.4 is 4.74 Å². The Bertz CT molecular complexity index is 1580. The van der Waals surface area contributed by atoms with E-state index in [0.29, 0.717) is 59.3 Å². The van der Waals surface area contributed by atoms with Gasteiger partial charge in [-0.3, -0.25) is 0 Å². The third kappa shape index (κ3) is 5.55. The first-order chi connectivity index (χ1) is 18.5. The van der Waals surface area contributed by atoms with Crippen LogP contribution in [-0.4, -0.2) is 39.3 Å². The summed E-state index contributed by atoms with van der Waals surface area (Å²) in [5, 5.41) is 9.39. The Morgan fingerprint density at radius 2 is 1.82 bits per heavy atom. The number of nitrogens with zero attached hydrogens (tertiary/aromatic N) is 3. The predicted octanol–water partition coefficient (Wildman–Crippen LogP) is 5.75. The lowest BCUT2D eigenvalue weighted by atomic mass is 10.1. The Balaban J connectivity index is 1.39. The first-order valence-corrected chi connectivity index (χ1v) is 12.2. The number of carboxylic acid groups (broad SMARTS) is 1. The number of ether oxygens (including phenoxy) is 2. The molecule has 0 amide bonds.